The largest absolute Gasteiger partial charge is 0.324 e. The summed E-state index contributed by atoms with van der Waals surface area (Å²) in [6, 6.07) is 11.2. The minimum atomic E-state index is -0.389. The molecule has 1 unspecified atom stereocenters. The minimum absolute atomic E-state index is 0.111. The molecule has 0 saturated heterocycles. The Morgan fingerprint density at radius 2 is 1.84 bits per heavy atom. The molecule has 0 radical (unpaired) electrons. The highest BCUT2D eigenvalue weighted by Crippen LogP contribution is 2.32. The minimum Gasteiger partial charge on any atom is -0.324 e. The summed E-state index contributed by atoms with van der Waals surface area (Å²) in [5.74, 6) is -0.389. The Balaban J connectivity index is 2.06. The summed E-state index contributed by atoms with van der Waals surface area (Å²) < 4.78 is 13.2. The van der Waals surface area contributed by atoms with Gasteiger partial charge in [-0.2, -0.15) is 0 Å². The monoisotopic (exact) mass is 275 g/mol. The van der Waals surface area contributed by atoms with Gasteiger partial charge in [-0.1, -0.05) is 29.8 Å². The predicted octanol–water partition coefficient (Wildman–Crippen LogP) is 4.48. The van der Waals surface area contributed by atoms with Crippen LogP contribution in [0.2, 0.25) is 5.02 Å². The maximum atomic E-state index is 13.2. The second-order valence-electron chi connectivity index (χ2n) is 5.04. The number of hydrogen-bond donors (Lipinski definition) is 1. The van der Waals surface area contributed by atoms with Gasteiger partial charge in [-0.15, -0.1) is 0 Å². The zero-order chi connectivity index (χ0) is 13.4. The summed E-state index contributed by atoms with van der Waals surface area (Å²) in [5, 5.41) is 0.152. The number of aryl methyl sites for hydroxylation is 1. The first-order valence-electron chi connectivity index (χ1n) is 6.49. The highest BCUT2D eigenvalue weighted by Gasteiger charge is 2.17. The van der Waals surface area contributed by atoms with Crippen molar-refractivity contribution < 1.29 is 4.39 Å². The lowest BCUT2D eigenvalue weighted by molar-refractivity contribution is 0.571. The van der Waals surface area contributed by atoms with E-state index < -0.39 is 0 Å². The van der Waals surface area contributed by atoms with Crippen LogP contribution in [0.1, 0.15) is 30.0 Å². The van der Waals surface area contributed by atoms with E-state index in [9.17, 15) is 4.39 Å². The molecule has 1 aliphatic rings. The average Bonchev–Trinajstić information content (AvgIpc) is 2.42. The number of halogens is 2. The third-order valence-electron chi connectivity index (χ3n) is 3.76. The third-order valence-corrected chi connectivity index (χ3v) is 4.05. The second-order valence-corrected chi connectivity index (χ2v) is 5.45. The molecule has 0 bridgehead atoms. The molecule has 0 heterocycles. The normalized spacial score (nSPS) is 18.2. The number of benzene rings is 2. The van der Waals surface area contributed by atoms with Gasteiger partial charge in [0.25, 0.3) is 0 Å². The molecule has 0 spiro atoms. The van der Waals surface area contributed by atoms with E-state index in [1.165, 1.54) is 17.2 Å². The van der Waals surface area contributed by atoms with E-state index >= 15 is 0 Å². The lowest BCUT2D eigenvalue weighted by Crippen LogP contribution is -2.17. The van der Waals surface area contributed by atoms with Gasteiger partial charge < -0.3 is 5.73 Å². The van der Waals surface area contributed by atoms with E-state index in [-0.39, 0.29) is 16.9 Å². The standard InChI is InChI=1S/C16H15ClFN/c17-14-9-12(6-7-15(14)18)11-5-4-10-2-1-3-16(19)13(10)8-11/h4-9,16H,1-3,19H2. The van der Waals surface area contributed by atoms with Crippen molar-refractivity contribution in [3.05, 3.63) is 58.4 Å². The lowest BCUT2D eigenvalue weighted by Gasteiger charge is -2.23. The Kier molecular flexibility index (Phi) is 3.29. The molecule has 3 rings (SSSR count). The molecular weight excluding hydrogens is 261 g/mol. The van der Waals surface area contributed by atoms with Crippen molar-refractivity contribution in [2.45, 2.75) is 25.3 Å². The van der Waals surface area contributed by atoms with Crippen LogP contribution in [0.25, 0.3) is 11.1 Å². The fraction of sp³-hybridized carbons (Fsp3) is 0.250. The number of rotatable bonds is 1. The predicted molar refractivity (Wildman–Crippen MR) is 76.7 cm³/mol. The van der Waals surface area contributed by atoms with Gasteiger partial charge in [0.1, 0.15) is 5.82 Å². The molecule has 1 aliphatic carbocycles. The van der Waals surface area contributed by atoms with Crippen molar-refractivity contribution in [2.24, 2.45) is 5.73 Å². The van der Waals surface area contributed by atoms with Crippen molar-refractivity contribution in [3.8, 4) is 11.1 Å². The van der Waals surface area contributed by atoms with Crippen molar-refractivity contribution in [1.29, 1.82) is 0 Å². The van der Waals surface area contributed by atoms with Gasteiger partial charge in [-0.3, -0.25) is 0 Å². The van der Waals surface area contributed by atoms with Gasteiger partial charge in [0.15, 0.2) is 0 Å². The third kappa shape index (κ3) is 2.38. The van der Waals surface area contributed by atoms with E-state index in [1.54, 1.807) is 12.1 Å². The molecule has 2 aromatic carbocycles. The van der Waals surface area contributed by atoms with E-state index in [4.69, 9.17) is 17.3 Å². The smallest absolute Gasteiger partial charge is 0.141 e. The first-order valence-corrected chi connectivity index (χ1v) is 6.87. The summed E-state index contributed by atoms with van der Waals surface area (Å²) >= 11 is 5.84. The maximum absolute atomic E-state index is 13.2. The molecule has 2 aromatic rings. The molecule has 1 atom stereocenters. The number of fused-ring (bicyclic) bond motifs is 1. The second kappa shape index (κ2) is 4.95. The molecular formula is C16H15ClFN. The van der Waals surface area contributed by atoms with E-state index in [0.717, 1.165) is 30.4 Å². The van der Waals surface area contributed by atoms with Gasteiger partial charge in [0, 0.05) is 6.04 Å². The molecule has 19 heavy (non-hydrogen) atoms. The molecule has 0 aromatic heterocycles. The molecule has 0 aliphatic heterocycles. The first-order chi connectivity index (χ1) is 9.15. The fourth-order valence-electron chi connectivity index (χ4n) is 2.69. The van der Waals surface area contributed by atoms with Gasteiger partial charge in [0.2, 0.25) is 0 Å². The summed E-state index contributed by atoms with van der Waals surface area (Å²) in [6.45, 7) is 0. The highest BCUT2D eigenvalue weighted by molar-refractivity contribution is 6.31. The first kappa shape index (κ1) is 12.6. The number of nitrogens with two attached hydrogens (primary N) is 1. The molecule has 1 nitrogen and oxygen atoms in total. The van der Waals surface area contributed by atoms with Crippen LogP contribution >= 0.6 is 11.6 Å². The molecule has 98 valence electrons. The van der Waals surface area contributed by atoms with Crippen LogP contribution in [-0.4, -0.2) is 0 Å². The summed E-state index contributed by atoms with van der Waals surface area (Å²) in [6.07, 6.45) is 3.27. The van der Waals surface area contributed by atoms with Gasteiger partial charge in [-0.25, -0.2) is 4.39 Å². The van der Waals surface area contributed by atoms with Crippen molar-refractivity contribution in [2.75, 3.05) is 0 Å². The lowest BCUT2D eigenvalue weighted by atomic mass is 9.86. The molecule has 2 N–H and O–H groups in total. The highest BCUT2D eigenvalue weighted by atomic mass is 35.5. The molecule has 0 saturated carbocycles. The van der Waals surface area contributed by atoms with Crippen LogP contribution in [-0.2, 0) is 6.42 Å². The summed E-state index contributed by atoms with van der Waals surface area (Å²) in [5.41, 5.74) is 10.7. The van der Waals surface area contributed by atoms with Crippen LogP contribution in [0.15, 0.2) is 36.4 Å². The van der Waals surface area contributed by atoms with Crippen LogP contribution < -0.4 is 5.73 Å². The Bertz CT molecular complexity index is 624. The average molecular weight is 276 g/mol. The Labute approximate surface area is 117 Å². The number of hydrogen-bond acceptors (Lipinski definition) is 1. The van der Waals surface area contributed by atoms with Crippen LogP contribution in [0.3, 0.4) is 0 Å². The van der Waals surface area contributed by atoms with Gasteiger partial charge in [-0.05, 0) is 59.7 Å². The van der Waals surface area contributed by atoms with Crippen LogP contribution in [0, 0.1) is 5.82 Å². The Morgan fingerprint density at radius 1 is 1.11 bits per heavy atom. The Morgan fingerprint density at radius 3 is 2.63 bits per heavy atom. The quantitative estimate of drug-likeness (QED) is 0.816. The van der Waals surface area contributed by atoms with Crippen molar-refractivity contribution in [3.63, 3.8) is 0 Å². The zero-order valence-electron chi connectivity index (χ0n) is 10.5. The van der Waals surface area contributed by atoms with Crippen molar-refractivity contribution in [1.82, 2.24) is 0 Å². The zero-order valence-corrected chi connectivity index (χ0v) is 11.3. The van der Waals surface area contributed by atoms with Gasteiger partial charge in [0.05, 0.1) is 5.02 Å². The van der Waals surface area contributed by atoms with Gasteiger partial charge >= 0.3 is 0 Å². The van der Waals surface area contributed by atoms with E-state index in [2.05, 4.69) is 18.2 Å². The molecule has 3 heteroatoms. The van der Waals surface area contributed by atoms with E-state index in [0.29, 0.717) is 0 Å². The molecule has 0 amide bonds. The maximum Gasteiger partial charge on any atom is 0.141 e. The topological polar surface area (TPSA) is 26.0 Å². The fourth-order valence-corrected chi connectivity index (χ4v) is 2.87. The van der Waals surface area contributed by atoms with Crippen LogP contribution in [0.5, 0.6) is 0 Å². The SMILES string of the molecule is NC1CCCc2ccc(-c3ccc(F)c(Cl)c3)cc21. The van der Waals surface area contributed by atoms with Crippen LogP contribution in [0.4, 0.5) is 4.39 Å². The van der Waals surface area contributed by atoms with Crippen molar-refractivity contribution >= 4 is 11.6 Å². The molecule has 0 fully saturated rings. The summed E-state index contributed by atoms with van der Waals surface area (Å²) in [4.78, 5) is 0. The Hall–Kier alpha value is -1.38. The summed E-state index contributed by atoms with van der Waals surface area (Å²) in [7, 11) is 0. The van der Waals surface area contributed by atoms with E-state index in [1.807, 2.05) is 0 Å².